The van der Waals surface area contributed by atoms with E-state index in [9.17, 15) is 9.59 Å². The molecular formula is C19H24N2O3. The molecule has 0 aliphatic carbocycles. The Labute approximate surface area is 143 Å². The van der Waals surface area contributed by atoms with Crippen molar-refractivity contribution >= 4 is 17.5 Å². The maximum atomic E-state index is 12.7. The molecule has 1 saturated heterocycles. The van der Waals surface area contributed by atoms with Crippen molar-refractivity contribution in [1.29, 1.82) is 0 Å². The number of carbonyl (C=O) groups is 2. The molecule has 0 radical (unpaired) electrons. The standard InChI is InChI=1S/C19H24N2O3/c1-5-9-20(10-6-2)19(23)15-12-18(22)21(13-15)16-11-14(3)7-8-17(16)24-4/h5-8,11,15H,1-2,9-10,12-13H2,3-4H3. The molecule has 0 saturated carbocycles. The van der Waals surface area contributed by atoms with E-state index in [1.807, 2.05) is 25.1 Å². The van der Waals surface area contributed by atoms with Crippen molar-refractivity contribution < 1.29 is 14.3 Å². The molecule has 0 spiro atoms. The molecule has 1 aliphatic rings. The Morgan fingerprint density at radius 1 is 1.38 bits per heavy atom. The lowest BCUT2D eigenvalue weighted by Crippen LogP contribution is -2.37. The van der Waals surface area contributed by atoms with Crippen LogP contribution >= 0.6 is 0 Å². The van der Waals surface area contributed by atoms with Gasteiger partial charge in [0, 0.05) is 26.1 Å². The predicted molar refractivity (Wildman–Crippen MR) is 95.2 cm³/mol. The first-order valence-electron chi connectivity index (χ1n) is 7.97. The van der Waals surface area contributed by atoms with Crippen molar-refractivity contribution in [3.8, 4) is 5.75 Å². The van der Waals surface area contributed by atoms with Gasteiger partial charge in [-0.25, -0.2) is 0 Å². The number of hydrogen-bond donors (Lipinski definition) is 0. The maximum absolute atomic E-state index is 12.7. The Morgan fingerprint density at radius 3 is 2.62 bits per heavy atom. The summed E-state index contributed by atoms with van der Waals surface area (Å²) < 4.78 is 5.37. The summed E-state index contributed by atoms with van der Waals surface area (Å²) in [6, 6.07) is 5.69. The minimum absolute atomic E-state index is 0.0442. The minimum atomic E-state index is -0.359. The Bertz CT molecular complexity index is 644. The first-order chi connectivity index (χ1) is 11.5. The van der Waals surface area contributed by atoms with Crippen molar-refractivity contribution in [2.75, 3.05) is 31.6 Å². The highest BCUT2D eigenvalue weighted by atomic mass is 16.5. The van der Waals surface area contributed by atoms with Gasteiger partial charge in [-0.05, 0) is 24.6 Å². The van der Waals surface area contributed by atoms with E-state index in [0.29, 0.717) is 25.4 Å². The lowest BCUT2D eigenvalue weighted by molar-refractivity contribution is -0.134. The van der Waals surface area contributed by atoms with Crippen LogP contribution in [0.3, 0.4) is 0 Å². The van der Waals surface area contributed by atoms with Gasteiger partial charge in [-0.2, -0.15) is 0 Å². The molecule has 1 atom stereocenters. The number of anilines is 1. The van der Waals surface area contributed by atoms with Crippen LogP contribution in [0.15, 0.2) is 43.5 Å². The summed E-state index contributed by atoms with van der Waals surface area (Å²) in [6.45, 7) is 10.6. The molecule has 1 aromatic carbocycles. The molecule has 2 amide bonds. The molecule has 2 rings (SSSR count). The lowest BCUT2D eigenvalue weighted by Gasteiger charge is -2.23. The first-order valence-corrected chi connectivity index (χ1v) is 7.97. The summed E-state index contributed by atoms with van der Waals surface area (Å²) in [5.74, 6) is 0.172. The zero-order valence-electron chi connectivity index (χ0n) is 14.3. The third-order valence-electron chi connectivity index (χ3n) is 4.11. The van der Waals surface area contributed by atoms with Crippen LogP contribution < -0.4 is 9.64 Å². The lowest BCUT2D eigenvalue weighted by atomic mass is 10.1. The molecule has 0 aromatic heterocycles. The Kier molecular flexibility index (Phi) is 5.79. The predicted octanol–water partition coefficient (Wildman–Crippen LogP) is 2.56. The van der Waals surface area contributed by atoms with Gasteiger partial charge < -0.3 is 14.5 Å². The molecule has 128 valence electrons. The van der Waals surface area contributed by atoms with Crippen LogP contribution in [-0.4, -0.2) is 43.5 Å². The van der Waals surface area contributed by atoms with Crippen molar-refractivity contribution in [1.82, 2.24) is 4.90 Å². The summed E-state index contributed by atoms with van der Waals surface area (Å²) in [6.07, 6.45) is 3.57. The molecule has 1 unspecified atom stereocenters. The normalized spacial score (nSPS) is 16.8. The van der Waals surface area contributed by atoms with E-state index in [4.69, 9.17) is 4.74 Å². The van der Waals surface area contributed by atoms with Crippen molar-refractivity contribution in [3.63, 3.8) is 0 Å². The second-order valence-corrected chi connectivity index (χ2v) is 5.90. The zero-order valence-corrected chi connectivity index (χ0v) is 14.3. The number of benzene rings is 1. The monoisotopic (exact) mass is 328 g/mol. The van der Waals surface area contributed by atoms with Crippen LogP contribution in [-0.2, 0) is 9.59 Å². The van der Waals surface area contributed by atoms with Crippen LogP contribution in [0.1, 0.15) is 12.0 Å². The third kappa shape index (κ3) is 3.67. The number of carbonyl (C=O) groups excluding carboxylic acids is 2. The second kappa shape index (κ2) is 7.81. The highest BCUT2D eigenvalue weighted by molar-refractivity contribution is 6.01. The number of aryl methyl sites for hydroxylation is 1. The number of rotatable bonds is 7. The van der Waals surface area contributed by atoms with E-state index in [1.54, 1.807) is 29.1 Å². The van der Waals surface area contributed by atoms with E-state index in [2.05, 4.69) is 13.2 Å². The highest BCUT2D eigenvalue weighted by Gasteiger charge is 2.37. The van der Waals surface area contributed by atoms with Gasteiger partial charge in [0.05, 0.1) is 18.7 Å². The van der Waals surface area contributed by atoms with Gasteiger partial charge >= 0.3 is 0 Å². The molecule has 1 aromatic rings. The fraction of sp³-hybridized carbons (Fsp3) is 0.368. The SMILES string of the molecule is C=CCN(CC=C)C(=O)C1CC(=O)N(c2cc(C)ccc2OC)C1. The summed E-state index contributed by atoms with van der Waals surface area (Å²) >= 11 is 0. The van der Waals surface area contributed by atoms with Crippen LogP contribution in [0.2, 0.25) is 0 Å². The summed E-state index contributed by atoms with van der Waals surface area (Å²) in [5, 5.41) is 0. The number of hydrogen-bond acceptors (Lipinski definition) is 3. The smallest absolute Gasteiger partial charge is 0.228 e. The van der Waals surface area contributed by atoms with E-state index >= 15 is 0 Å². The van der Waals surface area contributed by atoms with E-state index in [0.717, 1.165) is 11.3 Å². The Morgan fingerprint density at radius 2 is 2.04 bits per heavy atom. The largest absolute Gasteiger partial charge is 0.495 e. The van der Waals surface area contributed by atoms with Crippen molar-refractivity contribution in [2.45, 2.75) is 13.3 Å². The molecule has 0 N–H and O–H groups in total. The van der Waals surface area contributed by atoms with Crippen LogP contribution in [0.4, 0.5) is 5.69 Å². The van der Waals surface area contributed by atoms with Gasteiger partial charge in [0.15, 0.2) is 0 Å². The molecule has 1 heterocycles. The van der Waals surface area contributed by atoms with Gasteiger partial charge in [-0.3, -0.25) is 9.59 Å². The second-order valence-electron chi connectivity index (χ2n) is 5.90. The number of nitrogens with zero attached hydrogens (tertiary/aromatic N) is 2. The van der Waals surface area contributed by atoms with Crippen molar-refractivity contribution in [2.24, 2.45) is 5.92 Å². The van der Waals surface area contributed by atoms with Gasteiger partial charge in [-0.15, -0.1) is 13.2 Å². The highest BCUT2D eigenvalue weighted by Crippen LogP contribution is 2.34. The summed E-state index contributed by atoms with van der Waals surface area (Å²) in [4.78, 5) is 28.5. The van der Waals surface area contributed by atoms with E-state index < -0.39 is 0 Å². The van der Waals surface area contributed by atoms with E-state index in [1.165, 1.54) is 0 Å². The van der Waals surface area contributed by atoms with Crippen molar-refractivity contribution in [3.05, 3.63) is 49.1 Å². The molecule has 24 heavy (non-hydrogen) atoms. The van der Waals surface area contributed by atoms with E-state index in [-0.39, 0.29) is 24.2 Å². The topological polar surface area (TPSA) is 49.9 Å². The summed E-state index contributed by atoms with van der Waals surface area (Å²) in [7, 11) is 1.58. The number of ether oxygens (including phenoxy) is 1. The summed E-state index contributed by atoms with van der Waals surface area (Å²) in [5.41, 5.74) is 1.75. The Hall–Kier alpha value is -2.56. The molecule has 1 aliphatic heterocycles. The zero-order chi connectivity index (χ0) is 17.7. The molecule has 0 bridgehead atoms. The Balaban J connectivity index is 2.21. The van der Waals surface area contributed by atoms with Gasteiger partial charge in [0.2, 0.25) is 11.8 Å². The van der Waals surface area contributed by atoms with Crippen LogP contribution in [0.25, 0.3) is 0 Å². The fourth-order valence-electron chi connectivity index (χ4n) is 2.94. The van der Waals surface area contributed by atoms with Gasteiger partial charge in [0.1, 0.15) is 5.75 Å². The maximum Gasteiger partial charge on any atom is 0.228 e. The molecule has 1 fully saturated rings. The average Bonchev–Trinajstić information content (AvgIpc) is 2.95. The first kappa shape index (κ1) is 17.8. The minimum Gasteiger partial charge on any atom is -0.495 e. The van der Waals surface area contributed by atoms with Gasteiger partial charge in [-0.1, -0.05) is 18.2 Å². The molecule has 5 nitrogen and oxygen atoms in total. The number of methoxy groups -OCH3 is 1. The molecule has 5 heteroatoms. The quantitative estimate of drug-likeness (QED) is 0.723. The van der Waals surface area contributed by atoms with Crippen LogP contribution in [0, 0.1) is 12.8 Å². The fourth-order valence-corrected chi connectivity index (χ4v) is 2.94. The third-order valence-corrected chi connectivity index (χ3v) is 4.11. The van der Waals surface area contributed by atoms with Gasteiger partial charge in [0.25, 0.3) is 0 Å². The average molecular weight is 328 g/mol. The molecular weight excluding hydrogens is 304 g/mol. The number of amides is 2. The van der Waals surface area contributed by atoms with Crippen LogP contribution in [0.5, 0.6) is 5.75 Å².